The van der Waals surface area contributed by atoms with Crippen molar-refractivity contribution in [3.8, 4) is 0 Å². The second-order valence-corrected chi connectivity index (χ2v) is 10.8. The number of rotatable bonds is 8. The highest BCUT2D eigenvalue weighted by Crippen LogP contribution is 2.58. The average Bonchev–Trinajstić information content (AvgIpc) is 3.12. The fourth-order valence-electron chi connectivity index (χ4n) is 6.85. The molecule has 3 saturated carbocycles. The highest BCUT2D eigenvalue weighted by Gasteiger charge is 2.51. The summed E-state index contributed by atoms with van der Waals surface area (Å²) in [6, 6.07) is 0. The van der Waals surface area contributed by atoms with Crippen LogP contribution in [-0.4, -0.2) is 46.3 Å². The molecule has 0 aromatic heterocycles. The second-order valence-electron chi connectivity index (χ2n) is 10.8. The zero-order valence-electron chi connectivity index (χ0n) is 20.7. The normalized spacial score (nSPS) is 37.8. The van der Waals surface area contributed by atoms with Crippen molar-refractivity contribution < 1.29 is 20.1 Å². The van der Waals surface area contributed by atoms with Crippen molar-refractivity contribution in [3.05, 3.63) is 35.5 Å². The van der Waals surface area contributed by atoms with Gasteiger partial charge in [0.2, 0.25) is 0 Å². The first-order valence-electron chi connectivity index (χ1n) is 13.0. The van der Waals surface area contributed by atoms with E-state index in [1.54, 1.807) is 0 Å². The fraction of sp³-hybridized carbons (Fsp3) is 0.786. The van der Waals surface area contributed by atoms with Crippen LogP contribution < -0.4 is 0 Å². The van der Waals surface area contributed by atoms with Gasteiger partial charge < -0.3 is 20.1 Å². The van der Waals surface area contributed by atoms with E-state index in [1.165, 1.54) is 31.3 Å². The Kier molecular flexibility index (Phi) is 8.82. The van der Waals surface area contributed by atoms with Crippen LogP contribution in [-0.2, 0) is 4.74 Å². The fourth-order valence-corrected chi connectivity index (χ4v) is 6.85. The summed E-state index contributed by atoms with van der Waals surface area (Å²) < 4.78 is 6.27. The van der Waals surface area contributed by atoms with E-state index in [2.05, 4.69) is 46.4 Å². The van der Waals surface area contributed by atoms with Crippen molar-refractivity contribution in [2.75, 3.05) is 6.61 Å². The van der Waals surface area contributed by atoms with Crippen molar-refractivity contribution in [1.82, 2.24) is 0 Å². The van der Waals surface area contributed by atoms with Crippen molar-refractivity contribution in [2.45, 2.75) is 110 Å². The van der Waals surface area contributed by atoms with Crippen LogP contribution in [0.3, 0.4) is 0 Å². The first kappa shape index (κ1) is 25.7. The molecule has 3 N–H and O–H groups in total. The molecule has 0 bridgehead atoms. The van der Waals surface area contributed by atoms with Crippen LogP contribution in [0, 0.1) is 23.2 Å². The standard InChI is InChI=1S/C28H46O4/c1-6-20(7-2)27(31)17-32-19(4)24-12-13-25-21(9-8-14-28(24,25)5)10-11-22-15-23(29)16-26(30)18(22)3/h10-11,19-20,23-27,29-31H,3,6-9,12-17H2,1-2,4-5H3/b21-10+,22-11-/t19-,23+,24+,25-,26-,27+,28+/m0/s1. The largest absolute Gasteiger partial charge is 0.393 e. The van der Waals surface area contributed by atoms with Gasteiger partial charge in [-0.2, -0.15) is 0 Å². The van der Waals surface area contributed by atoms with Gasteiger partial charge in [-0.05, 0) is 79.8 Å². The summed E-state index contributed by atoms with van der Waals surface area (Å²) in [5.41, 5.74) is 3.47. The third-order valence-corrected chi connectivity index (χ3v) is 8.99. The molecule has 182 valence electrons. The first-order valence-corrected chi connectivity index (χ1v) is 13.0. The van der Waals surface area contributed by atoms with E-state index < -0.39 is 12.2 Å². The molecule has 4 nitrogen and oxygen atoms in total. The molecule has 0 aromatic rings. The van der Waals surface area contributed by atoms with Gasteiger partial charge >= 0.3 is 0 Å². The lowest BCUT2D eigenvalue weighted by Crippen LogP contribution is -2.40. The molecular weight excluding hydrogens is 400 g/mol. The van der Waals surface area contributed by atoms with Crippen LogP contribution in [0.2, 0.25) is 0 Å². The molecule has 0 saturated heterocycles. The quantitative estimate of drug-likeness (QED) is 0.471. The highest BCUT2D eigenvalue weighted by molar-refractivity contribution is 5.38. The SMILES string of the molecule is C=C1/C(=C\C=C2/CCC[C@]3(C)[C@@H]([C@H](C)OC[C@@H](O)C(CC)CC)CC[C@@H]23)C[C@@H](O)C[C@@H]1O. The summed E-state index contributed by atoms with van der Waals surface area (Å²) in [7, 11) is 0. The molecule has 0 aliphatic heterocycles. The van der Waals surface area contributed by atoms with Crippen LogP contribution in [0.1, 0.15) is 85.5 Å². The van der Waals surface area contributed by atoms with Gasteiger partial charge in [-0.15, -0.1) is 0 Å². The molecule has 4 heteroatoms. The molecule has 3 fully saturated rings. The molecule has 0 aromatic carbocycles. The Morgan fingerprint density at radius 1 is 1.19 bits per heavy atom. The Bertz CT molecular complexity index is 706. The number of allylic oxidation sites excluding steroid dienone is 3. The van der Waals surface area contributed by atoms with Gasteiger partial charge in [-0.25, -0.2) is 0 Å². The Balaban J connectivity index is 1.68. The summed E-state index contributed by atoms with van der Waals surface area (Å²) in [6.07, 6.45) is 11.9. The van der Waals surface area contributed by atoms with Crippen LogP contribution in [0.15, 0.2) is 35.5 Å². The van der Waals surface area contributed by atoms with Gasteiger partial charge in [0.25, 0.3) is 0 Å². The van der Waals surface area contributed by atoms with Crippen molar-refractivity contribution in [1.29, 1.82) is 0 Å². The van der Waals surface area contributed by atoms with E-state index in [0.29, 0.717) is 37.2 Å². The van der Waals surface area contributed by atoms with Gasteiger partial charge in [0.05, 0.1) is 31.0 Å². The monoisotopic (exact) mass is 446 g/mol. The number of fused-ring (bicyclic) bond motifs is 1. The van der Waals surface area contributed by atoms with Gasteiger partial charge in [-0.3, -0.25) is 0 Å². The maximum absolute atomic E-state index is 10.5. The van der Waals surface area contributed by atoms with E-state index in [1.807, 2.05) is 0 Å². The van der Waals surface area contributed by atoms with Crippen LogP contribution in [0.5, 0.6) is 0 Å². The van der Waals surface area contributed by atoms with Crippen molar-refractivity contribution >= 4 is 0 Å². The lowest BCUT2D eigenvalue weighted by atomic mass is 9.62. The smallest absolute Gasteiger partial charge is 0.0811 e. The minimum Gasteiger partial charge on any atom is -0.393 e. The third kappa shape index (κ3) is 5.41. The summed E-state index contributed by atoms with van der Waals surface area (Å²) in [6.45, 7) is 13.4. The third-order valence-electron chi connectivity index (χ3n) is 8.99. The minimum atomic E-state index is -0.635. The first-order chi connectivity index (χ1) is 15.2. The summed E-state index contributed by atoms with van der Waals surface area (Å²) in [4.78, 5) is 0. The molecule has 3 aliphatic carbocycles. The van der Waals surface area contributed by atoms with Crippen LogP contribution >= 0.6 is 0 Å². The molecule has 7 atom stereocenters. The second kappa shape index (κ2) is 11.0. The van der Waals surface area contributed by atoms with E-state index in [-0.39, 0.29) is 17.6 Å². The number of aliphatic hydroxyl groups is 3. The van der Waals surface area contributed by atoms with Crippen molar-refractivity contribution in [3.63, 3.8) is 0 Å². The topological polar surface area (TPSA) is 69.9 Å². The van der Waals surface area contributed by atoms with Crippen LogP contribution in [0.4, 0.5) is 0 Å². The van der Waals surface area contributed by atoms with E-state index >= 15 is 0 Å². The summed E-state index contributed by atoms with van der Waals surface area (Å²) in [5, 5.41) is 30.7. The predicted octanol–water partition coefficient (Wildman–Crippen LogP) is 5.33. The molecule has 0 unspecified atom stereocenters. The molecule has 3 rings (SSSR count). The van der Waals surface area contributed by atoms with Crippen molar-refractivity contribution in [2.24, 2.45) is 23.2 Å². The number of hydrogen-bond donors (Lipinski definition) is 3. The Labute approximate surface area is 195 Å². The molecule has 3 aliphatic rings. The lowest BCUT2D eigenvalue weighted by Gasteiger charge is -2.44. The predicted molar refractivity (Wildman–Crippen MR) is 130 cm³/mol. The zero-order valence-corrected chi connectivity index (χ0v) is 20.7. The Morgan fingerprint density at radius 2 is 1.91 bits per heavy atom. The maximum atomic E-state index is 10.5. The van der Waals surface area contributed by atoms with Crippen LogP contribution in [0.25, 0.3) is 0 Å². The number of hydrogen-bond acceptors (Lipinski definition) is 4. The van der Waals surface area contributed by atoms with E-state index in [9.17, 15) is 15.3 Å². The maximum Gasteiger partial charge on any atom is 0.0811 e. The average molecular weight is 447 g/mol. The molecule has 0 amide bonds. The molecular formula is C28H46O4. The summed E-state index contributed by atoms with van der Waals surface area (Å²) in [5.74, 6) is 1.38. The van der Waals surface area contributed by atoms with Gasteiger partial charge in [0.15, 0.2) is 0 Å². The highest BCUT2D eigenvalue weighted by atomic mass is 16.5. The van der Waals surface area contributed by atoms with Gasteiger partial charge in [0, 0.05) is 6.42 Å². The van der Waals surface area contributed by atoms with Gasteiger partial charge in [0.1, 0.15) is 0 Å². The van der Waals surface area contributed by atoms with E-state index in [4.69, 9.17) is 4.74 Å². The zero-order chi connectivity index (χ0) is 23.5. The lowest BCUT2D eigenvalue weighted by molar-refractivity contribution is -0.0691. The van der Waals surface area contributed by atoms with Gasteiger partial charge in [-0.1, -0.05) is 57.9 Å². The molecule has 0 radical (unpaired) electrons. The molecule has 0 heterocycles. The Hall–Kier alpha value is -0.940. The minimum absolute atomic E-state index is 0.148. The molecule has 32 heavy (non-hydrogen) atoms. The Morgan fingerprint density at radius 3 is 2.59 bits per heavy atom. The number of aliphatic hydroxyl groups excluding tert-OH is 3. The van der Waals surface area contributed by atoms with E-state index in [0.717, 1.165) is 30.4 Å². The molecule has 0 spiro atoms. The number of ether oxygens (including phenoxy) is 1. The summed E-state index contributed by atoms with van der Waals surface area (Å²) >= 11 is 0.